The lowest BCUT2D eigenvalue weighted by Crippen LogP contribution is -1.70. The van der Waals surface area contributed by atoms with Gasteiger partial charge in [0.1, 0.15) is 0 Å². The Bertz CT molecular complexity index is 193. The Balaban J connectivity index is 2.85. The SMILES string of the molecule is Cl/C=C\c1ccncc1. The van der Waals surface area contributed by atoms with Crippen LogP contribution in [0.1, 0.15) is 5.56 Å². The van der Waals surface area contributed by atoms with E-state index in [0.717, 1.165) is 5.56 Å². The van der Waals surface area contributed by atoms with Gasteiger partial charge in [-0.15, -0.1) is 0 Å². The topological polar surface area (TPSA) is 12.9 Å². The Hall–Kier alpha value is -0.820. The van der Waals surface area contributed by atoms with E-state index in [1.807, 2.05) is 18.2 Å². The van der Waals surface area contributed by atoms with Crippen LogP contribution >= 0.6 is 11.6 Å². The van der Waals surface area contributed by atoms with Crippen LogP contribution in [0.2, 0.25) is 0 Å². The third-order valence-electron chi connectivity index (χ3n) is 0.962. The first-order valence-corrected chi connectivity index (χ1v) is 3.04. The molecule has 46 valence electrons. The van der Waals surface area contributed by atoms with E-state index in [0.29, 0.717) is 0 Å². The lowest BCUT2D eigenvalue weighted by atomic mass is 10.3. The van der Waals surface area contributed by atoms with Gasteiger partial charge in [-0.2, -0.15) is 0 Å². The van der Waals surface area contributed by atoms with Gasteiger partial charge in [-0.05, 0) is 23.8 Å². The van der Waals surface area contributed by atoms with Crippen molar-refractivity contribution in [1.29, 1.82) is 0 Å². The third-order valence-corrected chi connectivity index (χ3v) is 1.09. The molecule has 0 amide bonds. The quantitative estimate of drug-likeness (QED) is 0.582. The molecule has 0 atom stereocenters. The van der Waals surface area contributed by atoms with E-state index in [4.69, 9.17) is 11.6 Å². The molecular formula is C7H6ClN. The van der Waals surface area contributed by atoms with E-state index in [9.17, 15) is 0 Å². The zero-order valence-corrected chi connectivity index (χ0v) is 5.55. The lowest BCUT2D eigenvalue weighted by molar-refractivity contribution is 1.32. The minimum absolute atomic E-state index is 1.07. The second-order valence-corrected chi connectivity index (χ2v) is 1.83. The summed E-state index contributed by atoms with van der Waals surface area (Å²) in [6.45, 7) is 0. The van der Waals surface area contributed by atoms with Crippen molar-refractivity contribution in [1.82, 2.24) is 4.98 Å². The average molecular weight is 140 g/mol. The fraction of sp³-hybridized carbons (Fsp3) is 0. The molecule has 0 fully saturated rings. The first kappa shape index (κ1) is 6.30. The normalized spacial score (nSPS) is 10.3. The van der Waals surface area contributed by atoms with Crippen LogP contribution in [0, 0.1) is 0 Å². The number of nitrogens with zero attached hydrogens (tertiary/aromatic N) is 1. The maximum atomic E-state index is 5.34. The first-order valence-electron chi connectivity index (χ1n) is 2.60. The zero-order chi connectivity index (χ0) is 6.53. The molecule has 1 aromatic rings. The molecule has 0 aliphatic rings. The summed E-state index contributed by atoms with van der Waals surface area (Å²) in [5.41, 5.74) is 2.55. The maximum Gasteiger partial charge on any atom is 0.0273 e. The van der Waals surface area contributed by atoms with E-state index >= 15 is 0 Å². The minimum atomic E-state index is 1.07. The molecule has 0 bridgehead atoms. The van der Waals surface area contributed by atoms with E-state index in [2.05, 4.69) is 4.98 Å². The fourth-order valence-corrected chi connectivity index (χ4v) is 0.693. The molecule has 0 aromatic carbocycles. The smallest absolute Gasteiger partial charge is 0.0273 e. The van der Waals surface area contributed by atoms with Crippen LogP contribution in [0.25, 0.3) is 6.08 Å². The summed E-state index contributed by atoms with van der Waals surface area (Å²) < 4.78 is 0. The van der Waals surface area contributed by atoms with Crippen molar-refractivity contribution >= 4 is 17.7 Å². The standard InChI is InChI=1S/C7H6ClN/c8-4-1-7-2-5-9-6-3-7/h1-6H/b4-1-. The Morgan fingerprint density at radius 2 is 2.00 bits per heavy atom. The van der Waals surface area contributed by atoms with Crippen molar-refractivity contribution < 1.29 is 0 Å². The predicted octanol–water partition coefficient (Wildman–Crippen LogP) is 2.29. The molecule has 0 aliphatic carbocycles. The van der Waals surface area contributed by atoms with Crippen molar-refractivity contribution in [3.05, 3.63) is 35.6 Å². The maximum absolute atomic E-state index is 5.34. The van der Waals surface area contributed by atoms with E-state index in [1.54, 1.807) is 12.4 Å². The van der Waals surface area contributed by atoms with Crippen LogP contribution in [-0.4, -0.2) is 4.98 Å². The van der Waals surface area contributed by atoms with Crippen LogP contribution in [0.5, 0.6) is 0 Å². The molecule has 0 aliphatic heterocycles. The van der Waals surface area contributed by atoms with Crippen molar-refractivity contribution in [3.8, 4) is 0 Å². The van der Waals surface area contributed by atoms with Crippen LogP contribution in [0.3, 0.4) is 0 Å². The lowest BCUT2D eigenvalue weighted by Gasteiger charge is -1.85. The highest BCUT2D eigenvalue weighted by Gasteiger charge is 1.79. The predicted molar refractivity (Wildman–Crippen MR) is 39.1 cm³/mol. The van der Waals surface area contributed by atoms with Gasteiger partial charge in [0.2, 0.25) is 0 Å². The molecule has 0 N–H and O–H groups in total. The van der Waals surface area contributed by atoms with Crippen LogP contribution in [-0.2, 0) is 0 Å². The van der Waals surface area contributed by atoms with Gasteiger partial charge in [-0.3, -0.25) is 4.98 Å². The molecular weight excluding hydrogens is 134 g/mol. The van der Waals surface area contributed by atoms with Crippen molar-refractivity contribution in [2.24, 2.45) is 0 Å². The molecule has 1 heterocycles. The van der Waals surface area contributed by atoms with Gasteiger partial charge in [0, 0.05) is 17.9 Å². The van der Waals surface area contributed by atoms with Gasteiger partial charge >= 0.3 is 0 Å². The molecule has 0 radical (unpaired) electrons. The molecule has 1 rings (SSSR count). The van der Waals surface area contributed by atoms with Gasteiger partial charge in [-0.1, -0.05) is 11.6 Å². The number of pyridine rings is 1. The minimum Gasteiger partial charge on any atom is -0.265 e. The Labute approximate surface area is 59.0 Å². The zero-order valence-electron chi connectivity index (χ0n) is 4.79. The second kappa shape index (κ2) is 3.25. The molecule has 0 spiro atoms. The highest BCUT2D eigenvalue weighted by atomic mass is 35.5. The largest absolute Gasteiger partial charge is 0.265 e. The molecule has 2 heteroatoms. The van der Waals surface area contributed by atoms with Gasteiger partial charge in [0.15, 0.2) is 0 Å². The molecule has 1 nitrogen and oxygen atoms in total. The van der Waals surface area contributed by atoms with Crippen molar-refractivity contribution in [2.45, 2.75) is 0 Å². The number of hydrogen-bond acceptors (Lipinski definition) is 1. The van der Waals surface area contributed by atoms with E-state index < -0.39 is 0 Å². The summed E-state index contributed by atoms with van der Waals surface area (Å²) in [5, 5.41) is 0. The highest BCUT2D eigenvalue weighted by Crippen LogP contribution is 1.98. The summed E-state index contributed by atoms with van der Waals surface area (Å²) in [7, 11) is 0. The number of rotatable bonds is 1. The molecule has 1 aromatic heterocycles. The molecule has 0 saturated carbocycles. The summed E-state index contributed by atoms with van der Waals surface area (Å²) in [5.74, 6) is 0. The van der Waals surface area contributed by atoms with Gasteiger partial charge in [-0.25, -0.2) is 0 Å². The summed E-state index contributed by atoms with van der Waals surface area (Å²) in [6, 6.07) is 3.78. The van der Waals surface area contributed by atoms with Crippen LogP contribution in [0.4, 0.5) is 0 Å². The first-order chi connectivity index (χ1) is 4.43. The van der Waals surface area contributed by atoms with Crippen molar-refractivity contribution in [3.63, 3.8) is 0 Å². The Morgan fingerprint density at radius 1 is 1.33 bits per heavy atom. The Morgan fingerprint density at radius 3 is 2.56 bits per heavy atom. The van der Waals surface area contributed by atoms with Crippen molar-refractivity contribution in [2.75, 3.05) is 0 Å². The monoisotopic (exact) mass is 139 g/mol. The summed E-state index contributed by atoms with van der Waals surface area (Å²) in [6.07, 6.45) is 5.27. The molecule has 0 unspecified atom stereocenters. The van der Waals surface area contributed by atoms with Gasteiger partial charge in [0.25, 0.3) is 0 Å². The average Bonchev–Trinajstić information content (AvgIpc) is 1.91. The van der Waals surface area contributed by atoms with Gasteiger partial charge < -0.3 is 0 Å². The third kappa shape index (κ3) is 1.86. The van der Waals surface area contributed by atoms with Crippen LogP contribution in [0.15, 0.2) is 30.1 Å². The van der Waals surface area contributed by atoms with Crippen LogP contribution < -0.4 is 0 Å². The number of aromatic nitrogens is 1. The van der Waals surface area contributed by atoms with E-state index in [-0.39, 0.29) is 0 Å². The molecule has 0 saturated heterocycles. The summed E-state index contributed by atoms with van der Waals surface area (Å²) in [4.78, 5) is 3.85. The second-order valence-electron chi connectivity index (χ2n) is 1.57. The number of halogens is 1. The summed E-state index contributed by atoms with van der Waals surface area (Å²) >= 11 is 5.34. The number of hydrogen-bond donors (Lipinski definition) is 0. The Kier molecular flexibility index (Phi) is 2.28. The fourth-order valence-electron chi connectivity index (χ4n) is 0.547. The highest BCUT2D eigenvalue weighted by molar-refractivity contribution is 6.27. The molecule has 9 heavy (non-hydrogen) atoms. The van der Waals surface area contributed by atoms with E-state index in [1.165, 1.54) is 5.54 Å². The van der Waals surface area contributed by atoms with Gasteiger partial charge in [0.05, 0.1) is 0 Å².